The summed E-state index contributed by atoms with van der Waals surface area (Å²) in [4.78, 5) is 23.3. The molecule has 0 radical (unpaired) electrons. The molecule has 0 saturated heterocycles. The first-order chi connectivity index (χ1) is 13.3. The molecule has 28 heavy (non-hydrogen) atoms. The summed E-state index contributed by atoms with van der Waals surface area (Å²) in [6, 6.07) is 14.7. The minimum Gasteiger partial charge on any atom is -0.326 e. The summed E-state index contributed by atoms with van der Waals surface area (Å²) >= 11 is 0. The van der Waals surface area contributed by atoms with E-state index in [4.69, 9.17) is 0 Å². The Labute approximate surface area is 166 Å². The maximum Gasteiger partial charge on any atom is 0.226 e. The third-order valence-electron chi connectivity index (χ3n) is 3.83. The number of amides is 2. The van der Waals surface area contributed by atoms with Gasteiger partial charge in [0.1, 0.15) is 0 Å². The van der Waals surface area contributed by atoms with Crippen LogP contribution in [-0.2, 0) is 9.59 Å². The predicted molar refractivity (Wildman–Crippen MR) is 114 cm³/mol. The lowest BCUT2D eigenvalue weighted by Crippen LogP contribution is -2.17. The van der Waals surface area contributed by atoms with Gasteiger partial charge in [-0.25, -0.2) is 0 Å². The molecule has 0 aliphatic heterocycles. The van der Waals surface area contributed by atoms with E-state index in [2.05, 4.69) is 34.3 Å². The van der Waals surface area contributed by atoms with Gasteiger partial charge in [-0.05, 0) is 60.4 Å². The maximum absolute atomic E-state index is 11.7. The van der Waals surface area contributed by atoms with E-state index in [-0.39, 0.29) is 23.7 Å². The third kappa shape index (κ3) is 6.67. The molecule has 0 aromatic heterocycles. The van der Waals surface area contributed by atoms with Crippen LogP contribution in [0.4, 0.5) is 11.4 Å². The zero-order chi connectivity index (χ0) is 20.5. The Hall–Kier alpha value is -3.50. The van der Waals surface area contributed by atoms with Crippen molar-refractivity contribution in [3.05, 3.63) is 59.7 Å². The minimum atomic E-state index is -0.0599. The SMILES string of the molecule is CC(C)C(=O)Nc1ccc(C#CC#Cc2ccc(NC(=O)C(C)C)cc2)cc1. The lowest BCUT2D eigenvalue weighted by Gasteiger charge is -2.07. The molecule has 142 valence electrons. The predicted octanol–water partition coefficient (Wildman–Crippen LogP) is 4.28. The molecule has 4 nitrogen and oxygen atoms in total. The monoisotopic (exact) mass is 372 g/mol. The summed E-state index contributed by atoms with van der Waals surface area (Å²) < 4.78 is 0. The Kier molecular flexibility index (Phi) is 7.43. The van der Waals surface area contributed by atoms with Gasteiger partial charge >= 0.3 is 0 Å². The van der Waals surface area contributed by atoms with Crippen molar-refractivity contribution in [3.63, 3.8) is 0 Å². The molecule has 0 spiro atoms. The molecule has 0 aliphatic carbocycles. The largest absolute Gasteiger partial charge is 0.326 e. The molecule has 0 aliphatic rings. The summed E-state index contributed by atoms with van der Waals surface area (Å²) in [5, 5.41) is 5.68. The fraction of sp³-hybridized carbons (Fsp3) is 0.250. The fourth-order valence-corrected chi connectivity index (χ4v) is 2.05. The summed E-state index contributed by atoms with van der Waals surface area (Å²) in [5.41, 5.74) is 3.15. The Morgan fingerprint density at radius 3 is 1.25 bits per heavy atom. The van der Waals surface area contributed by atoms with Crippen LogP contribution in [0.5, 0.6) is 0 Å². The van der Waals surface area contributed by atoms with Crippen molar-refractivity contribution in [1.82, 2.24) is 0 Å². The van der Waals surface area contributed by atoms with Crippen LogP contribution < -0.4 is 10.6 Å². The maximum atomic E-state index is 11.7. The molecule has 2 amide bonds. The molecule has 0 saturated carbocycles. The van der Waals surface area contributed by atoms with Crippen molar-refractivity contribution in [2.45, 2.75) is 27.7 Å². The quantitative estimate of drug-likeness (QED) is 0.787. The van der Waals surface area contributed by atoms with Crippen LogP contribution in [-0.4, -0.2) is 11.8 Å². The van der Waals surface area contributed by atoms with Gasteiger partial charge in [0.15, 0.2) is 0 Å². The van der Waals surface area contributed by atoms with E-state index in [1.807, 2.05) is 76.2 Å². The highest BCUT2D eigenvalue weighted by Crippen LogP contribution is 2.11. The second-order valence-corrected chi connectivity index (χ2v) is 6.94. The highest BCUT2D eigenvalue weighted by Gasteiger charge is 2.07. The van der Waals surface area contributed by atoms with Crippen LogP contribution in [0.25, 0.3) is 0 Å². The van der Waals surface area contributed by atoms with Gasteiger partial charge < -0.3 is 10.6 Å². The average molecular weight is 372 g/mol. The number of anilines is 2. The van der Waals surface area contributed by atoms with Crippen LogP contribution in [0.3, 0.4) is 0 Å². The van der Waals surface area contributed by atoms with Gasteiger partial charge in [-0.1, -0.05) is 39.5 Å². The van der Waals surface area contributed by atoms with Crippen molar-refractivity contribution in [3.8, 4) is 23.7 Å². The van der Waals surface area contributed by atoms with Crippen molar-refractivity contribution in [1.29, 1.82) is 0 Å². The molecule has 0 fully saturated rings. The third-order valence-corrected chi connectivity index (χ3v) is 3.83. The van der Waals surface area contributed by atoms with Crippen LogP contribution in [0.1, 0.15) is 38.8 Å². The Morgan fingerprint density at radius 1 is 0.643 bits per heavy atom. The van der Waals surface area contributed by atoms with Crippen molar-refractivity contribution < 1.29 is 9.59 Å². The fourth-order valence-electron chi connectivity index (χ4n) is 2.05. The van der Waals surface area contributed by atoms with Crippen molar-refractivity contribution >= 4 is 23.2 Å². The van der Waals surface area contributed by atoms with E-state index in [1.165, 1.54) is 0 Å². The van der Waals surface area contributed by atoms with Crippen LogP contribution in [0.15, 0.2) is 48.5 Å². The van der Waals surface area contributed by atoms with E-state index < -0.39 is 0 Å². The van der Waals surface area contributed by atoms with Crippen molar-refractivity contribution in [2.24, 2.45) is 11.8 Å². The summed E-state index contributed by atoms with van der Waals surface area (Å²) in [5.74, 6) is 11.4. The number of rotatable bonds is 4. The van der Waals surface area contributed by atoms with E-state index in [1.54, 1.807) is 0 Å². The normalized spacial score (nSPS) is 9.79. The van der Waals surface area contributed by atoms with E-state index in [0.29, 0.717) is 0 Å². The van der Waals surface area contributed by atoms with Crippen LogP contribution >= 0.6 is 0 Å². The average Bonchev–Trinajstić information content (AvgIpc) is 2.67. The van der Waals surface area contributed by atoms with Gasteiger partial charge in [0.25, 0.3) is 0 Å². The molecular weight excluding hydrogens is 348 g/mol. The van der Waals surface area contributed by atoms with E-state index in [9.17, 15) is 9.59 Å². The zero-order valence-electron chi connectivity index (χ0n) is 16.6. The summed E-state index contributed by atoms with van der Waals surface area (Å²) in [6.45, 7) is 7.40. The molecule has 0 bridgehead atoms. The first-order valence-electron chi connectivity index (χ1n) is 9.19. The summed E-state index contributed by atoms with van der Waals surface area (Å²) in [6.07, 6.45) is 0. The van der Waals surface area contributed by atoms with Gasteiger partial charge in [0.05, 0.1) is 0 Å². The molecular formula is C24H24N2O2. The van der Waals surface area contributed by atoms with Gasteiger partial charge in [0, 0.05) is 34.3 Å². The number of carbonyl (C=O) groups is 2. The molecule has 2 N–H and O–H groups in total. The Balaban J connectivity index is 1.95. The molecule has 0 atom stereocenters. The number of carbonyl (C=O) groups excluding carboxylic acids is 2. The molecule has 2 aromatic carbocycles. The first-order valence-corrected chi connectivity index (χ1v) is 9.19. The van der Waals surface area contributed by atoms with Gasteiger partial charge in [-0.3, -0.25) is 9.59 Å². The lowest BCUT2D eigenvalue weighted by molar-refractivity contribution is -0.119. The smallest absolute Gasteiger partial charge is 0.226 e. The van der Waals surface area contributed by atoms with Crippen LogP contribution in [0.2, 0.25) is 0 Å². The van der Waals surface area contributed by atoms with Gasteiger partial charge in [-0.15, -0.1) is 0 Å². The van der Waals surface area contributed by atoms with Crippen molar-refractivity contribution in [2.75, 3.05) is 10.6 Å². The number of hydrogen-bond acceptors (Lipinski definition) is 2. The minimum absolute atomic E-state index is 0.0144. The Morgan fingerprint density at radius 2 is 0.964 bits per heavy atom. The second-order valence-electron chi connectivity index (χ2n) is 6.94. The molecule has 2 rings (SSSR count). The summed E-state index contributed by atoms with van der Waals surface area (Å²) in [7, 11) is 0. The van der Waals surface area contributed by atoms with E-state index in [0.717, 1.165) is 22.5 Å². The lowest BCUT2D eigenvalue weighted by atomic mass is 10.1. The number of hydrogen-bond donors (Lipinski definition) is 2. The molecule has 2 aromatic rings. The van der Waals surface area contributed by atoms with Gasteiger partial charge in [-0.2, -0.15) is 0 Å². The first kappa shape index (κ1) is 20.8. The molecule has 4 heteroatoms. The number of nitrogens with one attached hydrogen (secondary N) is 2. The zero-order valence-corrected chi connectivity index (χ0v) is 16.6. The Bertz CT molecular complexity index is 867. The van der Waals surface area contributed by atoms with E-state index >= 15 is 0 Å². The standard InChI is InChI=1S/C24H24N2O2/c1-17(2)23(27)25-21-13-9-19(10-14-21)7-5-6-8-20-11-15-22(16-12-20)26-24(28)18(3)4/h9-18H,1-4H3,(H,25,27)(H,26,28). The van der Waals surface area contributed by atoms with Crippen LogP contribution in [0, 0.1) is 35.5 Å². The highest BCUT2D eigenvalue weighted by atomic mass is 16.2. The number of benzene rings is 2. The highest BCUT2D eigenvalue weighted by molar-refractivity contribution is 5.92. The van der Waals surface area contributed by atoms with Gasteiger partial charge in [0.2, 0.25) is 11.8 Å². The molecule has 0 unspecified atom stereocenters. The molecule has 0 heterocycles. The second kappa shape index (κ2) is 10.00. The topological polar surface area (TPSA) is 58.2 Å².